The Morgan fingerprint density at radius 2 is 0.688 bits per heavy atom. The molecule has 0 aliphatic heterocycles. The van der Waals surface area contributed by atoms with E-state index in [0.29, 0.717) is 64.4 Å². The second-order valence-electron chi connectivity index (χ2n) is 22.9. The van der Waals surface area contributed by atoms with E-state index in [1.54, 1.807) is 36.4 Å². The Morgan fingerprint density at radius 3 is 1.12 bits per heavy atom. The number of hydrogen-bond donors (Lipinski definition) is 0. The molecule has 9 aromatic rings. The summed E-state index contributed by atoms with van der Waals surface area (Å²) in [6.07, 6.45) is -5.90. The van der Waals surface area contributed by atoms with E-state index in [-0.39, 0.29) is 53.8 Å². The number of aryl methyl sites for hydroxylation is 2. The molecule has 24 heteroatoms. The van der Waals surface area contributed by atoms with Gasteiger partial charge in [0.05, 0.1) is 5.56 Å². The molecule has 0 N–H and O–H groups in total. The van der Waals surface area contributed by atoms with E-state index in [9.17, 15) is 92.2 Å². The van der Waals surface area contributed by atoms with Gasteiger partial charge < -0.3 is 14.2 Å². The second kappa shape index (κ2) is 29.1. The molecule has 0 saturated heterocycles. The van der Waals surface area contributed by atoms with Crippen molar-refractivity contribution < 1.29 is 106 Å². The molecule has 2 unspecified atom stereocenters. The Morgan fingerprint density at radius 1 is 0.323 bits per heavy atom. The Labute approximate surface area is 535 Å². The van der Waals surface area contributed by atoms with E-state index in [2.05, 4.69) is 21.1 Å². The average Bonchev–Trinajstić information content (AvgIpc) is 1.35. The molecule has 0 saturated carbocycles. The van der Waals surface area contributed by atoms with Crippen LogP contribution in [0, 0.1) is 93.2 Å². The lowest BCUT2D eigenvalue weighted by atomic mass is 9.93. The zero-order valence-corrected chi connectivity index (χ0v) is 50.6. The Hall–Kier alpha value is -9.09. The largest absolute Gasteiger partial charge is 0.432 e. The molecule has 0 spiro atoms. The van der Waals surface area contributed by atoms with Crippen molar-refractivity contribution in [1.82, 2.24) is 0 Å². The van der Waals surface area contributed by atoms with Crippen LogP contribution < -0.4 is 14.2 Å². The molecule has 9 aromatic carbocycles. The molecule has 0 bridgehead atoms. The quantitative estimate of drug-likeness (QED) is 0.0633. The highest BCUT2D eigenvalue weighted by atomic mass is 19.3. The monoisotopic (exact) mass is 1360 g/mol. The van der Waals surface area contributed by atoms with Crippen molar-refractivity contribution in [3.05, 3.63) is 276 Å². The van der Waals surface area contributed by atoms with Gasteiger partial charge in [0.2, 0.25) is 0 Å². The van der Waals surface area contributed by atoms with Gasteiger partial charge in [0, 0.05) is 42.0 Å². The van der Waals surface area contributed by atoms with E-state index in [1.165, 1.54) is 18.2 Å². The predicted octanol–water partition coefficient (Wildman–Crippen LogP) is 22.2. The maximum absolute atomic E-state index is 14.7. The molecule has 3 nitrogen and oxygen atoms in total. The van der Waals surface area contributed by atoms with Gasteiger partial charge >= 0.3 is 18.3 Å². The zero-order valence-electron chi connectivity index (χ0n) is 50.6. The van der Waals surface area contributed by atoms with E-state index >= 15 is 0 Å². The van der Waals surface area contributed by atoms with Crippen LogP contribution in [0.5, 0.6) is 17.2 Å². The maximum atomic E-state index is 14.7. The van der Waals surface area contributed by atoms with Crippen molar-refractivity contribution in [2.24, 2.45) is 5.92 Å². The SMILES string of the molecule is CCCC1Cc2ccc(-c3cc(F)c(C(F)(F)Oc4cc(F)c(F)c(F)c4)c(F)c3)cc2C1.CCCc1cc(F)c(C2Cc3ccc(C(F)(F)Oc4cc(F)c(F)c(F)c4)cc3C2)c(F)c1.CCCc1ccc(-c2cc(F)c(C(F)(F)Oc3cc(F)c(F)c(F)c3)c(F)c2)cc1. The highest BCUT2D eigenvalue weighted by Gasteiger charge is 2.44. The minimum absolute atomic E-state index is 0.0199. The summed E-state index contributed by atoms with van der Waals surface area (Å²) in [5.74, 6) is -27.0. The average molecular weight is 1370 g/mol. The van der Waals surface area contributed by atoms with Crippen molar-refractivity contribution in [3.8, 4) is 39.5 Å². The molecule has 2 aliphatic carbocycles. The topological polar surface area (TPSA) is 27.7 Å². The van der Waals surface area contributed by atoms with Crippen LogP contribution in [-0.2, 0) is 56.9 Å². The van der Waals surface area contributed by atoms with E-state index in [1.807, 2.05) is 19.9 Å². The predicted molar refractivity (Wildman–Crippen MR) is 313 cm³/mol. The summed E-state index contributed by atoms with van der Waals surface area (Å²) in [6, 6.07) is 22.5. The first-order valence-corrected chi connectivity index (χ1v) is 29.7. The Bertz CT molecular complexity index is 4200. The number of fused-ring (bicyclic) bond motifs is 2. The standard InChI is InChI=1S/2C25H19F7O.C22H15F7O/c1-2-3-13-6-19(26)23(20(27)7-13)16-8-14-4-5-17(10-15(14)9-16)25(31,32)33-18-11-21(28)24(30)22(29)12-18;1-2-3-13-6-14-4-5-15(8-16(14)7-13)17-9-19(26)23(20(27)10-17)25(31,32)33-18-11-21(28)24(30)22(29)12-18;1-2-3-12-4-6-13(7-5-12)14-8-16(23)20(17(24)9-14)22(28,29)30-15-10-18(25)21(27)19(26)11-15/h4-7,10-12,16H,2-3,8-9H2,1H3;4-5,8-13H,2-3,6-7H2,1H3;4-11H,2-3H2,1H3. The fourth-order valence-corrected chi connectivity index (χ4v) is 11.5. The summed E-state index contributed by atoms with van der Waals surface area (Å²) < 4.78 is 306. The number of alkyl halides is 6. The molecule has 0 radical (unpaired) electrons. The Kier molecular flexibility index (Phi) is 21.6. The summed E-state index contributed by atoms with van der Waals surface area (Å²) in [5, 5.41) is 0. The van der Waals surface area contributed by atoms with Gasteiger partial charge in [-0.15, -0.1) is 0 Å². The molecule has 2 aliphatic rings. The summed E-state index contributed by atoms with van der Waals surface area (Å²) in [7, 11) is 0. The van der Waals surface area contributed by atoms with Crippen LogP contribution >= 0.6 is 0 Å². The van der Waals surface area contributed by atoms with Crippen LogP contribution in [0.1, 0.15) is 108 Å². The minimum atomic E-state index is -4.62. The van der Waals surface area contributed by atoms with Crippen LogP contribution in [0.3, 0.4) is 0 Å². The molecule has 96 heavy (non-hydrogen) atoms. The fraction of sp³-hybridized carbons (Fsp3) is 0.250. The van der Waals surface area contributed by atoms with Crippen LogP contribution in [-0.4, -0.2) is 0 Å². The summed E-state index contributed by atoms with van der Waals surface area (Å²) in [4.78, 5) is 0. The van der Waals surface area contributed by atoms with Crippen molar-refractivity contribution in [2.45, 2.75) is 109 Å². The second-order valence-corrected chi connectivity index (χ2v) is 22.9. The van der Waals surface area contributed by atoms with Gasteiger partial charge in [-0.2, -0.15) is 26.3 Å². The highest BCUT2D eigenvalue weighted by Crippen LogP contribution is 2.44. The van der Waals surface area contributed by atoms with Crippen LogP contribution in [0.15, 0.2) is 133 Å². The number of halogens is 21. The number of benzene rings is 9. The molecule has 11 rings (SSSR count). The molecule has 506 valence electrons. The van der Waals surface area contributed by atoms with Gasteiger partial charge in [-0.25, -0.2) is 65.9 Å². The number of ether oxygens (including phenoxy) is 3. The third kappa shape index (κ3) is 16.1. The van der Waals surface area contributed by atoms with Gasteiger partial charge in [0.1, 0.15) is 63.3 Å². The van der Waals surface area contributed by atoms with Crippen molar-refractivity contribution >= 4 is 0 Å². The first-order valence-electron chi connectivity index (χ1n) is 29.7. The molecule has 0 amide bonds. The summed E-state index contributed by atoms with van der Waals surface area (Å²) in [6.45, 7) is 6.00. The van der Waals surface area contributed by atoms with Gasteiger partial charge in [0.25, 0.3) is 0 Å². The van der Waals surface area contributed by atoms with Crippen LogP contribution in [0.2, 0.25) is 0 Å². The molecule has 2 atom stereocenters. The molecule has 0 aromatic heterocycles. The third-order valence-corrected chi connectivity index (χ3v) is 15.9. The molecule has 0 fully saturated rings. The summed E-state index contributed by atoms with van der Waals surface area (Å²) >= 11 is 0. The van der Waals surface area contributed by atoms with Crippen LogP contribution in [0.25, 0.3) is 22.3 Å². The van der Waals surface area contributed by atoms with Gasteiger partial charge in [-0.1, -0.05) is 95.0 Å². The van der Waals surface area contributed by atoms with Gasteiger partial charge in [-0.05, 0) is 155 Å². The lowest BCUT2D eigenvalue weighted by Crippen LogP contribution is -2.25. The number of rotatable bonds is 18. The fourth-order valence-electron chi connectivity index (χ4n) is 11.5. The van der Waals surface area contributed by atoms with Gasteiger partial charge in [-0.3, -0.25) is 0 Å². The number of hydrogen-bond acceptors (Lipinski definition) is 3. The molecular formula is C72H53F21O3. The van der Waals surface area contributed by atoms with E-state index < -0.39 is 145 Å². The first kappa shape index (κ1) is 71.2. The smallest absolute Gasteiger partial charge is 0.429 e. The van der Waals surface area contributed by atoms with E-state index in [0.717, 1.165) is 85.9 Å². The normalized spacial score (nSPS) is 14.3. The minimum Gasteiger partial charge on any atom is -0.429 e. The summed E-state index contributed by atoms with van der Waals surface area (Å²) in [5.41, 5.74) is 1.74. The molecular weight excluding hydrogens is 1310 g/mol. The van der Waals surface area contributed by atoms with Gasteiger partial charge in [0.15, 0.2) is 52.4 Å². The van der Waals surface area contributed by atoms with Crippen molar-refractivity contribution in [1.29, 1.82) is 0 Å². The zero-order chi connectivity index (χ0) is 69.9. The van der Waals surface area contributed by atoms with E-state index in [4.69, 9.17) is 0 Å². The van der Waals surface area contributed by atoms with Crippen molar-refractivity contribution in [2.75, 3.05) is 0 Å². The van der Waals surface area contributed by atoms with Crippen LogP contribution in [0.4, 0.5) is 92.2 Å². The maximum Gasteiger partial charge on any atom is 0.432 e. The highest BCUT2D eigenvalue weighted by molar-refractivity contribution is 5.67. The first-order chi connectivity index (χ1) is 45.3. The van der Waals surface area contributed by atoms with Crippen molar-refractivity contribution in [3.63, 3.8) is 0 Å². The Balaban J connectivity index is 0.000000169. The third-order valence-electron chi connectivity index (χ3n) is 15.9. The lowest BCUT2D eigenvalue weighted by molar-refractivity contribution is -0.190. The molecule has 0 heterocycles. The lowest BCUT2D eigenvalue weighted by Gasteiger charge is -2.20.